The summed E-state index contributed by atoms with van der Waals surface area (Å²) in [6.07, 6.45) is 0. The lowest BCUT2D eigenvalue weighted by molar-refractivity contribution is 0.337. The average Bonchev–Trinajstić information content (AvgIpc) is 3.87. The van der Waals surface area contributed by atoms with Crippen LogP contribution in [-0.4, -0.2) is 6.92 Å². The summed E-state index contributed by atoms with van der Waals surface area (Å²) in [6.45, 7) is 5.20. The topological polar surface area (TPSA) is 12.5 Å². The molecule has 2 aliphatic rings. The molecule has 0 aromatic heterocycles. The summed E-state index contributed by atoms with van der Waals surface area (Å²) < 4.78 is 6.74. The third-order valence-electron chi connectivity index (χ3n) is 14.2. The van der Waals surface area contributed by atoms with Gasteiger partial charge >= 0.3 is 6.92 Å². The van der Waals surface area contributed by atoms with Crippen molar-refractivity contribution in [1.82, 2.24) is 0 Å². The van der Waals surface area contributed by atoms with Crippen LogP contribution in [0.3, 0.4) is 0 Å². The Labute approximate surface area is 368 Å². The van der Waals surface area contributed by atoms with Gasteiger partial charge in [-0.3, -0.25) is 0 Å². The standard InChI is InChI=1S/C60H42BNO/c1-60(2)52-27-10-9-22-45(52)49-35-50(44-23-14-28-54-51(44)37-63-61(54)42-20-7-4-8-21-42)56(36-53(49)60)62(43-32-29-39(30-33-43)38-15-5-3-6-16-38)55-34-31-41-19-12-25-47-46-24-11-17-40-18-13-26-48(57(40)46)59(55)58(41)47/h3-36H,37H2,1-2H3. The second kappa shape index (κ2) is 13.8. The van der Waals surface area contributed by atoms with Crippen LogP contribution in [0, 0.1) is 0 Å². The molecule has 11 aromatic carbocycles. The molecule has 0 bridgehead atoms. The first kappa shape index (κ1) is 36.2. The zero-order valence-corrected chi connectivity index (χ0v) is 35.3. The van der Waals surface area contributed by atoms with E-state index in [0.717, 1.165) is 17.1 Å². The van der Waals surface area contributed by atoms with E-state index in [9.17, 15) is 0 Å². The number of rotatable bonds is 6. The minimum absolute atomic E-state index is 0.121. The molecule has 1 aliphatic heterocycles. The lowest BCUT2D eigenvalue weighted by Gasteiger charge is -2.32. The quantitative estimate of drug-likeness (QED) is 0.0943. The van der Waals surface area contributed by atoms with Gasteiger partial charge in [0.15, 0.2) is 0 Å². The highest BCUT2D eigenvalue weighted by Crippen LogP contribution is 2.55. The summed E-state index contributed by atoms with van der Waals surface area (Å²) in [7, 11) is 0. The average molecular weight is 804 g/mol. The van der Waals surface area contributed by atoms with Crippen LogP contribution in [0.1, 0.15) is 30.5 Å². The van der Waals surface area contributed by atoms with Gasteiger partial charge in [0.2, 0.25) is 0 Å². The van der Waals surface area contributed by atoms with Crippen LogP contribution in [0.25, 0.3) is 76.5 Å². The summed E-state index contributed by atoms with van der Waals surface area (Å²) in [5.74, 6) is 0. The molecule has 0 saturated carbocycles. The van der Waals surface area contributed by atoms with E-state index in [1.54, 1.807) is 0 Å². The third kappa shape index (κ3) is 5.36. The largest absolute Gasteiger partial charge is 0.423 e. The lowest BCUT2D eigenvalue weighted by atomic mass is 9.55. The first-order valence-electron chi connectivity index (χ1n) is 22.1. The van der Waals surface area contributed by atoms with Crippen LogP contribution in [0.2, 0.25) is 0 Å². The predicted octanol–water partition coefficient (Wildman–Crippen LogP) is 14.5. The number of fused-ring (bicyclic) bond motifs is 6. The van der Waals surface area contributed by atoms with Crippen LogP contribution in [0.15, 0.2) is 206 Å². The van der Waals surface area contributed by atoms with Crippen LogP contribution < -0.4 is 15.8 Å². The molecule has 0 amide bonds. The van der Waals surface area contributed by atoms with E-state index in [0.29, 0.717) is 6.61 Å². The van der Waals surface area contributed by atoms with Crippen LogP contribution >= 0.6 is 0 Å². The van der Waals surface area contributed by atoms with Gasteiger partial charge in [-0.2, -0.15) is 0 Å². The summed E-state index contributed by atoms with van der Waals surface area (Å²) >= 11 is 0. The normalized spacial score (nSPS) is 13.8. The summed E-state index contributed by atoms with van der Waals surface area (Å²) in [6, 6.07) is 76.6. The number of hydrogen-bond donors (Lipinski definition) is 0. The molecule has 296 valence electrons. The smallest absolute Gasteiger partial charge is 0.362 e. The summed E-state index contributed by atoms with van der Waals surface area (Å²) in [4.78, 5) is 2.58. The first-order valence-corrected chi connectivity index (χ1v) is 22.1. The molecule has 0 spiro atoms. The van der Waals surface area contributed by atoms with Crippen molar-refractivity contribution >= 4 is 78.0 Å². The SMILES string of the molecule is CC1(C)c2ccccc2-c2cc(-c3cccc4c3COB4c3ccccc3)c(N(c3ccc(-c4ccccc4)cc3)c3ccc4cccc5c6cccc7cccc(c3c45)c76)cc21. The van der Waals surface area contributed by atoms with Gasteiger partial charge in [0.25, 0.3) is 0 Å². The van der Waals surface area contributed by atoms with Gasteiger partial charge < -0.3 is 9.55 Å². The third-order valence-corrected chi connectivity index (χ3v) is 14.2. The molecule has 11 aromatic rings. The van der Waals surface area contributed by atoms with Gasteiger partial charge in [-0.25, -0.2) is 0 Å². The molecule has 2 nitrogen and oxygen atoms in total. The molecule has 13 rings (SSSR count). The zero-order chi connectivity index (χ0) is 41.8. The van der Waals surface area contributed by atoms with Gasteiger partial charge in [-0.15, -0.1) is 0 Å². The van der Waals surface area contributed by atoms with Crippen molar-refractivity contribution in [1.29, 1.82) is 0 Å². The second-order valence-corrected chi connectivity index (χ2v) is 17.9. The van der Waals surface area contributed by atoms with E-state index in [1.165, 1.54) is 104 Å². The summed E-state index contributed by atoms with van der Waals surface area (Å²) in [5.41, 5.74) is 17.0. The highest BCUT2D eigenvalue weighted by Gasteiger charge is 2.38. The van der Waals surface area contributed by atoms with Gasteiger partial charge in [-0.1, -0.05) is 190 Å². The van der Waals surface area contributed by atoms with Crippen molar-refractivity contribution in [2.75, 3.05) is 4.90 Å². The number of benzene rings is 11. The van der Waals surface area contributed by atoms with E-state index in [-0.39, 0.29) is 12.3 Å². The van der Waals surface area contributed by atoms with E-state index >= 15 is 0 Å². The Kier molecular flexibility index (Phi) is 7.92. The van der Waals surface area contributed by atoms with Crippen LogP contribution in [0.5, 0.6) is 0 Å². The number of hydrogen-bond acceptors (Lipinski definition) is 2. The molecule has 0 saturated heterocycles. The maximum Gasteiger partial charge on any atom is 0.362 e. The van der Waals surface area contributed by atoms with E-state index in [2.05, 4.69) is 225 Å². The Balaban J connectivity index is 1.15. The first-order chi connectivity index (χ1) is 31.0. The molecule has 3 heteroatoms. The Morgan fingerprint density at radius 3 is 1.86 bits per heavy atom. The molecule has 0 atom stereocenters. The van der Waals surface area contributed by atoms with Crippen LogP contribution in [-0.2, 0) is 16.7 Å². The Bertz CT molecular complexity index is 3590. The second-order valence-electron chi connectivity index (χ2n) is 17.9. The van der Waals surface area contributed by atoms with Gasteiger partial charge in [-0.05, 0) is 123 Å². The van der Waals surface area contributed by atoms with Crippen LogP contribution in [0.4, 0.5) is 17.1 Å². The highest BCUT2D eigenvalue weighted by atomic mass is 16.4. The maximum absolute atomic E-state index is 6.74. The number of anilines is 3. The van der Waals surface area contributed by atoms with Crippen molar-refractivity contribution in [2.45, 2.75) is 25.9 Å². The van der Waals surface area contributed by atoms with Crippen molar-refractivity contribution in [3.63, 3.8) is 0 Å². The van der Waals surface area contributed by atoms with Crippen molar-refractivity contribution in [2.24, 2.45) is 0 Å². The zero-order valence-electron chi connectivity index (χ0n) is 35.3. The molecule has 1 aliphatic carbocycles. The molecule has 0 fully saturated rings. The molecular weight excluding hydrogens is 761 g/mol. The Hall–Kier alpha value is -7.46. The monoisotopic (exact) mass is 803 g/mol. The fraction of sp³-hybridized carbons (Fsp3) is 0.0667. The fourth-order valence-electron chi connectivity index (χ4n) is 11.2. The summed E-state index contributed by atoms with van der Waals surface area (Å²) in [5, 5.41) is 10.2. The van der Waals surface area contributed by atoms with Crippen molar-refractivity contribution < 1.29 is 4.65 Å². The maximum atomic E-state index is 6.74. The molecule has 0 radical (unpaired) electrons. The molecule has 63 heavy (non-hydrogen) atoms. The number of nitrogens with zero attached hydrogens (tertiary/aromatic N) is 1. The van der Waals surface area contributed by atoms with Gasteiger partial charge in [0.05, 0.1) is 18.0 Å². The molecular formula is C60H42BNO. The van der Waals surface area contributed by atoms with Crippen molar-refractivity contribution in [3.05, 3.63) is 223 Å². The van der Waals surface area contributed by atoms with E-state index < -0.39 is 0 Å². The lowest BCUT2D eigenvalue weighted by Crippen LogP contribution is -2.41. The molecule has 0 N–H and O–H groups in total. The van der Waals surface area contributed by atoms with Gasteiger partial charge in [0.1, 0.15) is 0 Å². The van der Waals surface area contributed by atoms with E-state index in [4.69, 9.17) is 4.65 Å². The van der Waals surface area contributed by atoms with Gasteiger partial charge in [0, 0.05) is 22.1 Å². The minimum atomic E-state index is -0.211. The van der Waals surface area contributed by atoms with Crippen molar-refractivity contribution in [3.8, 4) is 33.4 Å². The molecule has 0 unspecified atom stereocenters. The fourth-order valence-corrected chi connectivity index (χ4v) is 11.2. The Morgan fingerprint density at radius 2 is 1.08 bits per heavy atom. The predicted molar refractivity (Wildman–Crippen MR) is 267 cm³/mol. The van der Waals surface area contributed by atoms with E-state index in [1.807, 2.05) is 0 Å². The Morgan fingerprint density at radius 1 is 0.444 bits per heavy atom. The highest BCUT2D eigenvalue weighted by molar-refractivity contribution is 6.81. The minimum Gasteiger partial charge on any atom is -0.423 e. The molecule has 1 heterocycles.